The summed E-state index contributed by atoms with van der Waals surface area (Å²) in [6.45, 7) is 10.6. The molecule has 1 N–H and O–H groups in total. The molecule has 2 aromatic carbocycles. The van der Waals surface area contributed by atoms with Crippen LogP contribution in [0.3, 0.4) is 0 Å². The molecule has 0 bridgehead atoms. The van der Waals surface area contributed by atoms with Gasteiger partial charge in [-0.05, 0) is 105 Å². The van der Waals surface area contributed by atoms with Gasteiger partial charge < -0.3 is 14.6 Å². The Kier molecular flexibility index (Phi) is 9.43. The van der Waals surface area contributed by atoms with Gasteiger partial charge in [-0.1, -0.05) is 19.1 Å². The first-order valence-corrected chi connectivity index (χ1v) is 14.1. The molecule has 1 aliphatic rings. The molecule has 4 rings (SSSR count). The van der Waals surface area contributed by atoms with Gasteiger partial charge in [-0.2, -0.15) is 0 Å². The Hall–Kier alpha value is -3.78. The van der Waals surface area contributed by atoms with Crippen LogP contribution in [0.1, 0.15) is 74.9 Å². The van der Waals surface area contributed by atoms with E-state index < -0.39 is 23.7 Å². The van der Waals surface area contributed by atoms with Gasteiger partial charge in [0.15, 0.2) is 11.6 Å². The number of carboxylic acids is 1. The van der Waals surface area contributed by atoms with Crippen LogP contribution < -0.4 is 9.47 Å². The number of ether oxygens (including phenoxy) is 2. The maximum absolute atomic E-state index is 15.5. The van der Waals surface area contributed by atoms with E-state index in [-0.39, 0.29) is 35.2 Å². The number of aromatic nitrogens is 1. The van der Waals surface area contributed by atoms with E-state index in [9.17, 15) is 14.7 Å². The Bertz CT molecular complexity index is 1390. The number of carbonyl (C=O) groups excluding carboxylic acids is 1. The minimum atomic E-state index is -0.867. The number of carbonyl (C=O) groups is 2. The Morgan fingerprint density at radius 1 is 1.05 bits per heavy atom. The van der Waals surface area contributed by atoms with Crippen LogP contribution in [0.5, 0.6) is 11.6 Å². The lowest BCUT2D eigenvalue weighted by Gasteiger charge is -2.31. The molecule has 41 heavy (non-hydrogen) atoms. The second kappa shape index (κ2) is 12.8. The van der Waals surface area contributed by atoms with Crippen LogP contribution in [0.4, 0.5) is 4.39 Å². The van der Waals surface area contributed by atoms with Crippen LogP contribution in [0.15, 0.2) is 54.7 Å². The van der Waals surface area contributed by atoms with Crippen LogP contribution >= 0.6 is 0 Å². The molecule has 3 aromatic rings. The Labute approximate surface area is 241 Å². The minimum Gasteiger partial charge on any atom is -0.481 e. The van der Waals surface area contributed by atoms with E-state index in [1.54, 1.807) is 49.5 Å². The molecular formula is C33H39FN2O5. The molecule has 0 amide bonds. The summed E-state index contributed by atoms with van der Waals surface area (Å²) in [4.78, 5) is 31.5. The van der Waals surface area contributed by atoms with Gasteiger partial charge in [0.25, 0.3) is 0 Å². The normalized spacial score (nSPS) is 14.8. The molecule has 0 saturated heterocycles. The van der Waals surface area contributed by atoms with Crippen molar-refractivity contribution in [2.75, 3.05) is 7.11 Å². The van der Waals surface area contributed by atoms with Crippen LogP contribution in [-0.4, -0.2) is 46.1 Å². The third-order valence-corrected chi connectivity index (χ3v) is 7.86. The third-order valence-electron chi connectivity index (χ3n) is 7.86. The van der Waals surface area contributed by atoms with Gasteiger partial charge in [0.2, 0.25) is 5.88 Å². The number of halogens is 1. The zero-order valence-corrected chi connectivity index (χ0v) is 24.6. The van der Waals surface area contributed by atoms with E-state index in [0.29, 0.717) is 18.0 Å². The molecule has 0 spiro atoms. The number of carboxylic acid groups (broad SMARTS) is 1. The lowest BCUT2D eigenvalue weighted by atomic mass is 9.83. The van der Waals surface area contributed by atoms with Crippen molar-refractivity contribution in [2.45, 2.75) is 72.0 Å². The van der Waals surface area contributed by atoms with E-state index in [1.807, 2.05) is 6.07 Å². The SMILES string of the molecule is COc1cc(-c2cc(F)c(OC(=O)c3cccc(C(C4CC4)C(C)C(=O)O)c3)cc2CN(C(C)C)C(C)C)ccn1. The van der Waals surface area contributed by atoms with E-state index in [4.69, 9.17) is 9.47 Å². The van der Waals surface area contributed by atoms with Crippen molar-refractivity contribution in [3.05, 3.63) is 77.2 Å². The zero-order valence-electron chi connectivity index (χ0n) is 24.6. The van der Waals surface area contributed by atoms with E-state index in [1.165, 1.54) is 13.2 Å². The van der Waals surface area contributed by atoms with Crippen molar-refractivity contribution >= 4 is 11.9 Å². The molecule has 1 heterocycles. The molecule has 1 fully saturated rings. The summed E-state index contributed by atoms with van der Waals surface area (Å²) in [6.07, 6.45) is 3.54. The predicted molar refractivity (Wildman–Crippen MR) is 156 cm³/mol. The fraction of sp³-hybridized carbons (Fsp3) is 0.424. The van der Waals surface area contributed by atoms with E-state index in [2.05, 4.69) is 37.6 Å². The summed E-state index contributed by atoms with van der Waals surface area (Å²) >= 11 is 0. The number of methoxy groups -OCH3 is 1. The highest BCUT2D eigenvalue weighted by Gasteiger charge is 2.38. The molecule has 218 valence electrons. The number of rotatable bonds is 12. The Morgan fingerprint density at radius 2 is 1.76 bits per heavy atom. The van der Waals surface area contributed by atoms with Gasteiger partial charge >= 0.3 is 11.9 Å². The lowest BCUT2D eigenvalue weighted by molar-refractivity contribution is -0.142. The van der Waals surface area contributed by atoms with Gasteiger partial charge in [-0.25, -0.2) is 14.2 Å². The van der Waals surface area contributed by atoms with Gasteiger partial charge in [0.1, 0.15) is 0 Å². The topological polar surface area (TPSA) is 89.0 Å². The molecule has 1 aliphatic carbocycles. The summed E-state index contributed by atoms with van der Waals surface area (Å²) in [6, 6.07) is 13.8. The first-order chi connectivity index (χ1) is 19.5. The lowest BCUT2D eigenvalue weighted by Crippen LogP contribution is -2.36. The maximum atomic E-state index is 15.5. The van der Waals surface area contributed by atoms with Crippen molar-refractivity contribution in [3.8, 4) is 22.8 Å². The summed E-state index contributed by atoms with van der Waals surface area (Å²) in [5.74, 6) is -2.49. The minimum absolute atomic E-state index is 0.162. The molecule has 0 radical (unpaired) electrons. The summed E-state index contributed by atoms with van der Waals surface area (Å²) in [5.41, 5.74) is 3.22. The first kappa shape index (κ1) is 30.2. The van der Waals surface area contributed by atoms with E-state index >= 15 is 4.39 Å². The summed E-state index contributed by atoms with van der Waals surface area (Å²) in [5, 5.41) is 9.64. The van der Waals surface area contributed by atoms with Crippen molar-refractivity contribution in [1.82, 2.24) is 9.88 Å². The fourth-order valence-corrected chi connectivity index (χ4v) is 5.53. The average Bonchev–Trinajstić information content (AvgIpc) is 3.78. The number of hydrogen-bond acceptors (Lipinski definition) is 6. The number of benzene rings is 2. The molecule has 1 saturated carbocycles. The first-order valence-electron chi connectivity index (χ1n) is 14.1. The average molecular weight is 563 g/mol. The van der Waals surface area contributed by atoms with Crippen LogP contribution in [0.2, 0.25) is 0 Å². The molecule has 7 nitrogen and oxygen atoms in total. The predicted octanol–water partition coefficient (Wildman–Crippen LogP) is 6.95. The van der Waals surface area contributed by atoms with Crippen LogP contribution in [0.25, 0.3) is 11.1 Å². The number of pyridine rings is 1. The molecule has 2 unspecified atom stereocenters. The summed E-state index contributed by atoms with van der Waals surface area (Å²) < 4.78 is 26.5. The highest BCUT2D eigenvalue weighted by molar-refractivity contribution is 5.91. The molecule has 1 aromatic heterocycles. The van der Waals surface area contributed by atoms with Crippen molar-refractivity contribution in [3.63, 3.8) is 0 Å². The van der Waals surface area contributed by atoms with Crippen LogP contribution in [0, 0.1) is 17.7 Å². The quantitative estimate of drug-likeness (QED) is 0.189. The second-order valence-electron chi connectivity index (χ2n) is 11.4. The Morgan fingerprint density at radius 3 is 2.37 bits per heavy atom. The van der Waals surface area contributed by atoms with Crippen LogP contribution in [-0.2, 0) is 11.3 Å². The van der Waals surface area contributed by atoms with Gasteiger partial charge in [0, 0.05) is 30.9 Å². The fourth-order valence-electron chi connectivity index (χ4n) is 5.53. The van der Waals surface area contributed by atoms with Crippen molar-refractivity contribution < 1.29 is 28.6 Å². The molecule has 8 heteroatoms. The van der Waals surface area contributed by atoms with Gasteiger partial charge in [-0.15, -0.1) is 0 Å². The van der Waals surface area contributed by atoms with Crippen molar-refractivity contribution in [1.29, 1.82) is 0 Å². The molecule has 2 atom stereocenters. The van der Waals surface area contributed by atoms with E-state index in [0.717, 1.165) is 29.5 Å². The highest BCUT2D eigenvalue weighted by Crippen LogP contribution is 2.47. The molecular weight excluding hydrogens is 523 g/mol. The second-order valence-corrected chi connectivity index (χ2v) is 11.4. The third kappa shape index (κ3) is 7.11. The van der Waals surface area contributed by atoms with Gasteiger partial charge in [-0.3, -0.25) is 9.69 Å². The zero-order chi connectivity index (χ0) is 29.8. The maximum Gasteiger partial charge on any atom is 0.343 e. The van der Waals surface area contributed by atoms with Crippen molar-refractivity contribution in [2.24, 2.45) is 11.8 Å². The number of nitrogens with zero attached hydrogens (tertiary/aromatic N) is 2. The number of esters is 1. The number of hydrogen-bond donors (Lipinski definition) is 1. The standard InChI is InChI=1S/C33H39FN2O5/c1-19(2)36(20(3)4)18-26-15-29(28(34)17-27(26)23-12-13-35-30(16-23)40-6)41-33(39)25-9-7-8-24(14-25)31(22-10-11-22)21(5)32(37)38/h7-9,12-17,19-22,31H,10-11,18H2,1-6H3,(H,37,38). The monoisotopic (exact) mass is 562 g/mol. The smallest absolute Gasteiger partial charge is 0.343 e. The molecule has 0 aliphatic heterocycles. The largest absolute Gasteiger partial charge is 0.481 e. The van der Waals surface area contributed by atoms with Gasteiger partial charge in [0.05, 0.1) is 18.6 Å². The Balaban J connectivity index is 1.69. The summed E-state index contributed by atoms with van der Waals surface area (Å²) in [7, 11) is 1.53. The highest BCUT2D eigenvalue weighted by atomic mass is 19.1. The number of aliphatic carboxylic acids is 1.